The number of sulfone groups is 1. The zero-order valence-electron chi connectivity index (χ0n) is 15.8. The largest absolute Gasteiger partial charge is 0.419 e. The Morgan fingerprint density at radius 2 is 1.68 bits per heavy atom. The molecule has 0 saturated carbocycles. The van der Waals surface area contributed by atoms with Crippen molar-refractivity contribution in [2.75, 3.05) is 5.32 Å². The van der Waals surface area contributed by atoms with Crippen molar-refractivity contribution < 1.29 is 17.2 Å². The smallest absolute Gasteiger partial charge is 0.234 e. The zero-order valence-corrected chi connectivity index (χ0v) is 18.2. The van der Waals surface area contributed by atoms with E-state index in [0.29, 0.717) is 17.1 Å². The number of aromatic nitrogens is 1. The third kappa shape index (κ3) is 4.58. The highest BCUT2D eigenvalue weighted by Crippen LogP contribution is 2.36. The maximum atomic E-state index is 13.3. The molecule has 4 aromatic rings. The zero-order chi connectivity index (χ0) is 22.0. The molecular weight excluding hydrogens is 462 g/mol. The van der Waals surface area contributed by atoms with E-state index in [1.807, 2.05) is 30.3 Å². The van der Waals surface area contributed by atoms with Gasteiger partial charge in [-0.2, -0.15) is 4.98 Å². The molecule has 3 aromatic carbocycles. The van der Waals surface area contributed by atoms with Crippen molar-refractivity contribution in [2.24, 2.45) is 0 Å². The number of benzene rings is 3. The van der Waals surface area contributed by atoms with Crippen LogP contribution in [0.25, 0.3) is 11.5 Å². The number of nitrogens with zero attached hydrogens (tertiary/aromatic N) is 1. The average Bonchev–Trinajstić information content (AvgIpc) is 3.18. The summed E-state index contributed by atoms with van der Waals surface area (Å²) in [4.78, 5) is 4.10. The summed E-state index contributed by atoms with van der Waals surface area (Å²) >= 11 is 12.2. The molecule has 0 fully saturated rings. The molecule has 5 nitrogen and oxygen atoms in total. The second-order valence-electron chi connectivity index (χ2n) is 6.57. The molecule has 0 aliphatic rings. The summed E-state index contributed by atoms with van der Waals surface area (Å²) in [6.07, 6.45) is 0. The van der Waals surface area contributed by atoms with Crippen LogP contribution in [-0.2, 0) is 16.4 Å². The minimum absolute atomic E-state index is 0.0120. The number of hydrogen-bond donors (Lipinski definition) is 1. The van der Waals surface area contributed by atoms with Gasteiger partial charge in [-0.25, -0.2) is 12.8 Å². The van der Waals surface area contributed by atoms with E-state index in [4.69, 9.17) is 27.6 Å². The van der Waals surface area contributed by atoms with Crippen LogP contribution in [0.4, 0.5) is 10.3 Å². The van der Waals surface area contributed by atoms with Crippen LogP contribution in [0.15, 0.2) is 87.1 Å². The standard InChI is InChI=1S/C22H15Cl2FN2O3S/c23-15-6-11-18(19(24)12-15)20-27-22(31(28,29)17-9-7-16(25)8-10-17)21(30-20)26-13-14-4-2-1-3-5-14/h1-12,26H,13H2. The van der Waals surface area contributed by atoms with Gasteiger partial charge in [0.2, 0.25) is 26.6 Å². The van der Waals surface area contributed by atoms with Gasteiger partial charge in [0.15, 0.2) is 0 Å². The van der Waals surface area contributed by atoms with Gasteiger partial charge in [0.05, 0.1) is 15.5 Å². The van der Waals surface area contributed by atoms with Crippen LogP contribution in [-0.4, -0.2) is 13.4 Å². The molecule has 0 bridgehead atoms. The van der Waals surface area contributed by atoms with Crippen LogP contribution < -0.4 is 5.32 Å². The normalized spacial score (nSPS) is 11.5. The van der Waals surface area contributed by atoms with E-state index in [9.17, 15) is 12.8 Å². The van der Waals surface area contributed by atoms with E-state index in [2.05, 4.69) is 10.3 Å². The molecule has 1 heterocycles. The maximum absolute atomic E-state index is 13.3. The van der Waals surface area contributed by atoms with Gasteiger partial charge in [-0.15, -0.1) is 0 Å². The Morgan fingerprint density at radius 3 is 2.35 bits per heavy atom. The van der Waals surface area contributed by atoms with Crippen molar-refractivity contribution in [1.29, 1.82) is 0 Å². The number of nitrogens with one attached hydrogen (secondary N) is 1. The van der Waals surface area contributed by atoms with Gasteiger partial charge >= 0.3 is 0 Å². The Labute approximate surface area is 188 Å². The molecule has 31 heavy (non-hydrogen) atoms. The topological polar surface area (TPSA) is 72.2 Å². The lowest BCUT2D eigenvalue weighted by atomic mass is 10.2. The SMILES string of the molecule is O=S(=O)(c1ccc(F)cc1)c1nc(-c2ccc(Cl)cc2Cl)oc1NCc1ccccc1. The number of hydrogen-bond acceptors (Lipinski definition) is 5. The summed E-state index contributed by atoms with van der Waals surface area (Å²) in [6, 6.07) is 18.6. The molecular formula is C22H15Cl2FN2O3S. The fourth-order valence-electron chi connectivity index (χ4n) is 2.88. The first-order valence-electron chi connectivity index (χ1n) is 9.09. The van der Waals surface area contributed by atoms with Gasteiger partial charge in [-0.3, -0.25) is 0 Å². The highest BCUT2D eigenvalue weighted by molar-refractivity contribution is 7.91. The van der Waals surface area contributed by atoms with Gasteiger partial charge in [0.25, 0.3) is 0 Å². The van der Waals surface area contributed by atoms with Crippen molar-refractivity contribution in [3.8, 4) is 11.5 Å². The van der Waals surface area contributed by atoms with Crippen LogP contribution in [0.1, 0.15) is 5.56 Å². The summed E-state index contributed by atoms with van der Waals surface area (Å²) in [6.45, 7) is 0.301. The predicted molar refractivity (Wildman–Crippen MR) is 118 cm³/mol. The van der Waals surface area contributed by atoms with E-state index in [1.54, 1.807) is 12.1 Å². The Morgan fingerprint density at radius 1 is 0.968 bits per heavy atom. The first kappa shape index (κ1) is 21.4. The summed E-state index contributed by atoms with van der Waals surface area (Å²) in [7, 11) is -4.10. The minimum Gasteiger partial charge on any atom is -0.419 e. The van der Waals surface area contributed by atoms with Crippen LogP contribution in [0.3, 0.4) is 0 Å². The molecule has 0 spiro atoms. The molecule has 1 aromatic heterocycles. The van der Waals surface area contributed by atoms with E-state index in [-0.39, 0.29) is 26.7 Å². The highest BCUT2D eigenvalue weighted by atomic mass is 35.5. The Hall–Kier alpha value is -2.87. The number of anilines is 1. The fourth-order valence-corrected chi connectivity index (χ4v) is 4.65. The highest BCUT2D eigenvalue weighted by Gasteiger charge is 2.29. The monoisotopic (exact) mass is 476 g/mol. The fraction of sp³-hybridized carbons (Fsp3) is 0.0455. The van der Waals surface area contributed by atoms with E-state index >= 15 is 0 Å². The predicted octanol–water partition coefficient (Wildman–Crippen LogP) is 6.23. The Bertz CT molecular complexity index is 1320. The first-order valence-corrected chi connectivity index (χ1v) is 11.3. The van der Waals surface area contributed by atoms with Crippen molar-refractivity contribution in [2.45, 2.75) is 16.5 Å². The van der Waals surface area contributed by atoms with E-state index in [0.717, 1.165) is 17.7 Å². The Kier molecular flexibility index (Phi) is 6.00. The maximum Gasteiger partial charge on any atom is 0.234 e. The van der Waals surface area contributed by atoms with Crippen LogP contribution >= 0.6 is 23.2 Å². The van der Waals surface area contributed by atoms with Crippen molar-refractivity contribution >= 4 is 38.9 Å². The molecule has 0 saturated heterocycles. The number of halogens is 3. The van der Waals surface area contributed by atoms with E-state index in [1.165, 1.54) is 18.2 Å². The van der Waals surface area contributed by atoms with Gasteiger partial charge in [0.1, 0.15) is 5.82 Å². The molecule has 9 heteroatoms. The Balaban J connectivity index is 1.79. The summed E-state index contributed by atoms with van der Waals surface area (Å²) in [5.41, 5.74) is 1.30. The molecule has 0 atom stereocenters. The van der Waals surface area contributed by atoms with Gasteiger partial charge in [0, 0.05) is 11.6 Å². The van der Waals surface area contributed by atoms with Gasteiger partial charge in [-0.1, -0.05) is 53.5 Å². The quantitative estimate of drug-likeness (QED) is 0.333. The molecule has 0 radical (unpaired) electrons. The van der Waals surface area contributed by atoms with E-state index < -0.39 is 15.7 Å². The third-order valence-corrected chi connectivity index (χ3v) is 6.66. The summed E-state index contributed by atoms with van der Waals surface area (Å²) in [5.74, 6) is -0.581. The van der Waals surface area contributed by atoms with Crippen molar-refractivity contribution in [3.05, 3.63) is 94.2 Å². The molecule has 4 rings (SSSR count). The van der Waals surface area contributed by atoms with Crippen LogP contribution in [0, 0.1) is 5.82 Å². The average molecular weight is 477 g/mol. The molecule has 0 unspecified atom stereocenters. The second kappa shape index (κ2) is 8.70. The summed E-state index contributed by atoms with van der Waals surface area (Å²) in [5, 5.41) is 3.34. The summed E-state index contributed by atoms with van der Waals surface area (Å²) < 4.78 is 45.5. The van der Waals surface area contributed by atoms with Gasteiger partial charge in [-0.05, 0) is 48.0 Å². The molecule has 1 N–H and O–H groups in total. The number of rotatable bonds is 6. The van der Waals surface area contributed by atoms with Gasteiger partial charge < -0.3 is 9.73 Å². The van der Waals surface area contributed by atoms with Crippen LogP contribution in [0.5, 0.6) is 0 Å². The molecule has 0 aliphatic carbocycles. The minimum atomic E-state index is -4.10. The molecule has 158 valence electrons. The first-order chi connectivity index (χ1) is 14.8. The lowest BCUT2D eigenvalue weighted by molar-refractivity contribution is 0.576. The number of oxazole rings is 1. The lowest BCUT2D eigenvalue weighted by Crippen LogP contribution is -2.07. The molecule has 0 amide bonds. The van der Waals surface area contributed by atoms with Crippen LogP contribution in [0.2, 0.25) is 10.0 Å². The van der Waals surface area contributed by atoms with Crippen molar-refractivity contribution in [3.63, 3.8) is 0 Å². The third-order valence-electron chi connectivity index (χ3n) is 4.43. The molecule has 0 aliphatic heterocycles. The lowest BCUT2D eigenvalue weighted by Gasteiger charge is -2.06. The van der Waals surface area contributed by atoms with Crippen molar-refractivity contribution in [1.82, 2.24) is 4.98 Å². The second-order valence-corrected chi connectivity index (χ2v) is 9.28.